The van der Waals surface area contributed by atoms with Crippen LogP contribution in [0.4, 0.5) is 11.6 Å². The molecule has 0 aliphatic carbocycles. The molecule has 0 atom stereocenters. The standard InChI is InChI=1S/2C15H13N3O4S.2H2O/c2*1-18-13(15(20)17-12-8-4-5-9-16-12)14(19)10-6-2-3-7-11(10)23(18,21)22;;/h2*2-9,19H,1H3,(H,16,17,20);2*1H2. The van der Waals surface area contributed by atoms with E-state index < -0.39 is 43.4 Å². The number of pyridine rings is 2. The van der Waals surface area contributed by atoms with Crippen molar-refractivity contribution in [3.8, 4) is 0 Å². The van der Waals surface area contributed by atoms with Crippen LogP contribution in [0.5, 0.6) is 0 Å². The predicted octanol–water partition coefficient (Wildman–Crippen LogP) is 1.51. The molecule has 2 aromatic heterocycles. The maximum Gasteiger partial charge on any atom is 0.277 e. The van der Waals surface area contributed by atoms with Crippen molar-refractivity contribution in [3.05, 3.63) is 120 Å². The Morgan fingerprint density at radius 3 is 1.25 bits per heavy atom. The lowest BCUT2D eigenvalue weighted by molar-refractivity contribution is -0.114. The Labute approximate surface area is 275 Å². The second kappa shape index (κ2) is 14.3. The van der Waals surface area contributed by atoms with Gasteiger partial charge < -0.3 is 31.8 Å². The third-order valence-corrected chi connectivity index (χ3v) is 10.5. The normalized spacial score (nSPS) is 15.3. The SMILES string of the molecule is CN1C(C(=O)Nc2ccccn2)=C(O)c2ccccc2S1(=O)=O.CN1C(C(=O)Nc2ccccn2)=C(O)c2ccccc2S1(=O)=O.O.O. The van der Waals surface area contributed by atoms with Gasteiger partial charge in [-0.2, -0.15) is 0 Å². The van der Waals surface area contributed by atoms with Crippen LogP contribution in [0.2, 0.25) is 0 Å². The molecule has 18 heteroatoms. The number of amides is 2. The molecule has 2 aliphatic heterocycles. The number of anilines is 2. The van der Waals surface area contributed by atoms with Gasteiger partial charge in [-0.05, 0) is 48.5 Å². The van der Waals surface area contributed by atoms with Crippen LogP contribution in [-0.4, -0.2) is 82.5 Å². The second-order valence-corrected chi connectivity index (χ2v) is 13.5. The number of aromatic nitrogens is 2. The first kappa shape index (κ1) is 36.6. The summed E-state index contributed by atoms with van der Waals surface area (Å²) >= 11 is 0. The topological polar surface area (TPSA) is 262 Å². The number of nitrogens with one attached hydrogen (secondary N) is 2. The maximum atomic E-state index is 12.5. The highest BCUT2D eigenvalue weighted by atomic mass is 32.2. The average molecular weight is 699 g/mol. The molecule has 0 spiro atoms. The van der Waals surface area contributed by atoms with Gasteiger partial charge in [0.05, 0.1) is 9.79 Å². The molecule has 0 unspecified atom stereocenters. The zero-order valence-corrected chi connectivity index (χ0v) is 26.8. The van der Waals surface area contributed by atoms with E-state index in [0.29, 0.717) is 0 Å². The molecule has 0 saturated heterocycles. The number of carbonyl (C=O) groups excluding carboxylic acids is 2. The lowest BCUT2D eigenvalue weighted by Crippen LogP contribution is -2.37. The highest BCUT2D eigenvalue weighted by molar-refractivity contribution is 7.89. The first-order valence-corrected chi connectivity index (χ1v) is 16.2. The molecule has 16 nitrogen and oxygen atoms in total. The van der Waals surface area contributed by atoms with Gasteiger partial charge in [0.1, 0.15) is 11.6 Å². The molecular weight excluding hydrogens is 668 g/mol. The quantitative estimate of drug-likeness (QED) is 0.239. The van der Waals surface area contributed by atoms with Crippen LogP contribution in [0.15, 0.2) is 119 Å². The van der Waals surface area contributed by atoms with E-state index in [1.807, 2.05) is 0 Å². The number of aliphatic hydroxyl groups excluding tert-OH is 2. The molecular formula is C30H30N6O10S2. The number of hydrogen-bond acceptors (Lipinski definition) is 10. The Kier molecular flexibility index (Phi) is 10.9. The van der Waals surface area contributed by atoms with E-state index in [1.54, 1.807) is 60.7 Å². The van der Waals surface area contributed by atoms with E-state index >= 15 is 0 Å². The largest absolute Gasteiger partial charge is 0.505 e. The fourth-order valence-corrected chi connectivity index (χ4v) is 7.38. The lowest BCUT2D eigenvalue weighted by atomic mass is 10.1. The maximum absolute atomic E-state index is 12.5. The predicted molar refractivity (Wildman–Crippen MR) is 175 cm³/mol. The van der Waals surface area contributed by atoms with Crippen LogP contribution >= 0.6 is 0 Å². The van der Waals surface area contributed by atoms with Crippen molar-refractivity contribution in [1.29, 1.82) is 0 Å². The Morgan fingerprint density at radius 2 is 0.917 bits per heavy atom. The summed E-state index contributed by atoms with van der Waals surface area (Å²) in [6.07, 6.45) is 2.97. The number of fused-ring (bicyclic) bond motifs is 2. The minimum Gasteiger partial charge on any atom is -0.505 e. The van der Waals surface area contributed by atoms with Crippen LogP contribution < -0.4 is 10.6 Å². The number of sulfonamides is 2. The molecule has 2 aromatic carbocycles. The molecule has 8 N–H and O–H groups in total. The van der Waals surface area contributed by atoms with Crippen molar-refractivity contribution in [2.24, 2.45) is 0 Å². The van der Waals surface area contributed by atoms with Gasteiger partial charge in [0.2, 0.25) is 0 Å². The van der Waals surface area contributed by atoms with Crippen LogP contribution in [0, 0.1) is 0 Å². The van der Waals surface area contributed by atoms with Gasteiger partial charge in [-0.25, -0.2) is 26.8 Å². The molecule has 0 radical (unpaired) electrons. The highest BCUT2D eigenvalue weighted by Crippen LogP contribution is 2.36. The summed E-state index contributed by atoms with van der Waals surface area (Å²) < 4.78 is 51.5. The lowest BCUT2D eigenvalue weighted by Gasteiger charge is -2.28. The van der Waals surface area contributed by atoms with Crippen molar-refractivity contribution in [3.63, 3.8) is 0 Å². The molecule has 0 bridgehead atoms. The Balaban J connectivity index is 0.000000250. The molecule has 6 rings (SSSR count). The zero-order valence-electron chi connectivity index (χ0n) is 25.2. The fraction of sp³-hybridized carbons (Fsp3) is 0.0667. The number of carbonyl (C=O) groups is 2. The third kappa shape index (κ3) is 6.67. The van der Waals surface area contributed by atoms with Crippen molar-refractivity contribution in [1.82, 2.24) is 18.6 Å². The Bertz CT molecular complexity index is 1970. The van der Waals surface area contributed by atoms with E-state index in [9.17, 15) is 36.6 Å². The molecule has 2 aliphatic rings. The monoisotopic (exact) mass is 698 g/mol. The summed E-state index contributed by atoms with van der Waals surface area (Å²) in [6, 6.07) is 21.8. The fourth-order valence-electron chi connectivity index (χ4n) is 4.59. The Hall–Kier alpha value is -5.82. The summed E-state index contributed by atoms with van der Waals surface area (Å²) in [5, 5.41) is 25.7. The number of nitrogens with zero attached hydrogens (tertiary/aromatic N) is 4. The molecule has 4 heterocycles. The number of likely N-dealkylation sites (N-methyl/N-ethyl adjacent to an activating group) is 2. The van der Waals surface area contributed by atoms with E-state index in [2.05, 4.69) is 20.6 Å². The van der Waals surface area contributed by atoms with Crippen molar-refractivity contribution in [2.45, 2.75) is 9.79 Å². The van der Waals surface area contributed by atoms with Crippen LogP contribution in [0.25, 0.3) is 11.5 Å². The van der Waals surface area contributed by atoms with Crippen LogP contribution in [0.3, 0.4) is 0 Å². The summed E-state index contributed by atoms with van der Waals surface area (Å²) in [7, 11) is -5.38. The molecule has 4 aromatic rings. The number of hydrogen-bond donors (Lipinski definition) is 4. The van der Waals surface area contributed by atoms with E-state index in [4.69, 9.17) is 0 Å². The third-order valence-electron chi connectivity index (χ3n) is 6.88. The van der Waals surface area contributed by atoms with Gasteiger partial charge in [-0.1, -0.05) is 36.4 Å². The molecule has 0 fully saturated rings. The molecule has 252 valence electrons. The average Bonchev–Trinajstić information content (AvgIpc) is 3.05. The minimum atomic E-state index is -3.91. The summed E-state index contributed by atoms with van der Waals surface area (Å²) in [6.45, 7) is 0. The first-order valence-electron chi connectivity index (χ1n) is 13.3. The van der Waals surface area contributed by atoms with Gasteiger partial charge >= 0.3 is 0 Å². The van der Waals surface area contributed by atoms with Crippen molar-refractivity contribution < 1.29 is 47.6 Å². The van der Waals surface area contributed by atoms with Gasteiger partial charge in [-0.3, -0.25) is 18.2 Å². The highest BCUT2D eigenvalue weighted by Gasteiger charge is 2.39. The van der Waals surface area contributed by atoms with Gasteiger partial charge in [0, 0.05) is 37.6 Å². The van der Waals surface area contributed by atoms with Crippen LogP contribution in [-0.2, 0) is 29.6 Å². The van der Waals surface area contributed by atoms with Crippen LogP contribution in [0.1, 0.15) is 11.1 Å². The Morgan fingerprint density at radius 1 is 0.583 bits per heavy atom. The number of rotatable bonds is 4. The zero-order chi connectivity index (χ0) is 33.2. The number of aliphatic hydroxyl groups is 2. The van der Waals surface area contributed by atoms with Gasteiger partial charge in [0.15, 0.2) is 22.9 Å². The van der Waals surface area contributed by atoms with E-state index in [-0.39, 0.29) is 54.9 Å². The molecule has 2 amide bonds. The van der Waals surface area contributed by atoms with Crippen molar-refractivity contribution in [2.75, 3.05) is 24.7 Å². The summed E-state index contributed by atoms with van der Waals surface area (Å²) in [4.78, 5) is 32.6. The summed E-state index contributed by atoms with van der Waals surface area (Å²) in [5.41, 5.74) is -0.516. The minimum absolute atomic E-state index is 0. The summed E-state index contributed by atoms with van der Waals surface area (Å²) in [5.74, 6) is -1.81. The van der Waals surface area contributed by atoms with Crippen molar-refractivity contribution >= 4 is 55.0 Å². The van der Waals surface area contributed by atoms with Gasteiger partial charge in [0.25, 0.3) is 31.9 Å². The van der Waals surface area contributed by atoms with Gasteiger partial charge in [-0.15, -0.1) is 0 Å². The molecule has 0 saturated carbocycles. The first-order chi connectivity index (χ1) is 21.9. The van der Waals surface area contributed by atoms with E-state index in [0.717, 1.165) is 8.61 Å². The smallest absolute Gasteiger partial charge is 0.277 e. The molecule has 48 heavy (non-hydrogen) atoms. The number of benzene rings is 2. The second-order valence-electron chi connectivity index (χ2n) is 9.67. The van der Waals surface area contributed by atoms with E-state index in [1.165, 1.54) is 50.8 Å².